The number of rotatable bonds is 3. The van der Waals surface area contributed by atoms with E-state index in [1.54, 1.807) is 0 Å². The summed E-state index contributed by atoms with van der Waals surface area (Å²) >= 11 is 0. The molecule has 2 aliphatic heterocycles. The number of carbonyl (C=O) groups is 1. The van der Waals surface area contributed by atoms with Crippen molar-refractivity contribution in [3.05, 3.63) is 35.9 Å². The molecular weight excluding hydrogens is 264 g/mol. The van der Waals surface area contributed by atoms with E-state index in [2.05, 4.69) is 41.1 Å². The Morgan fingerprint density at radius 1 is 1.38 bits per heavy atom. The van der Waals surface area contributed by atoms with Crippen molar-refractivity contribution in [1.29, 1.82) is 0 Å². The predicted molar refractivity (Wildman–Crippen MR) is 83.1 cm³/mol. The highest BCUT2D eigenvalue weighted by atomic mass is 16.2. The first-order valence-electron chi connectivity index (χ1n) is 7.51. The Balaban J connectivity index is 1.82. The monoisotopic (exact) mass is 286 g/mol. The van der Waals surface area contributed by atoms with Gasteiger partial charge in [0, 0.05) is 25.7 Å². The summed E-state index contributed by atoms with van der Waals surface area (Å²) in [6.07, 6.45) is 0.856. The van der Waals surface area contributed by atoms with Gasteiger partial charge in [0.2, 0.25) is 0 Å². The predicted octanol–water partition coefficient (Wildman–Crippen LogP) is 1.83. The van der Waals surface area contributed by atoms with Crippen molar-refractivity contribution in [3.8, 4) is 0 Å². The summed E-state index contributed by atoms with van der Waals surface area (Å²) in [6.45, 7) is 6.47. The van der Waals surface area contributed by atoms with Crippen LogP contribution in [-0.4, -0.2) is 46.3 Å². The van der Waals surface area contributed by atoms with Crippen LogP contribution in [0.5, 0.6) is 0 Å². The van der Waals surface area contributed by atoms with Gasteiger partial charge < -0.3 is 10.6 Å². The van der Waals surface area contributed by atoms with E-state index in [9.17, 15) is 4.79 Å². The number of aliphatic imine (C=N–C) groups is 1. The van der Waals surface area contributed by atoms with Crippen molar-refractivity contribution in [2.45, 2.75) is 38.4 Å². The highest BCUT2D eigenvalue weighted by Crippen LogP contribution is 2.37. The molecule has 3 rings (SSSR count). The molecule has 2 N–H and O–H groups in total. The molecule has 21 heavy (non-hydrogen) atoms. The molecule has 1 aromatic carbocycles. The van der Waals surface area contributed by atoms with Gasteiger partial charge in [0.1, 0.15) is 11.4 Å². The molecular formula is C16H22N4O. The summed E-state index contributed by atoms with van der Waals surface area (Å²) < 4.78 is 0. The Morgan fingerprint density at radius 3 is 2.76 bits per heavy atom. The number of hydrogen-bond acceptors (Lipinski definition) is 3. The fourth-order valence-corrected chi connectivity index (χ4v) is 3.61. The van der Waals surface area contributed by atoms with Gasteiger partial charge >= 0.3 is 6.03 Å². The maximum atomic E-state index is 12.0. The first-order valence-corrected chi connectivity index (χ1v) is 7.51. The molecule has 2 unspecified atom stereocenters. The molecule has 2 heterocycles. The zero-order valence-corrected chi connectivity index (χ0v) is 12.6. The molecule has 1 saturated heterocycles. The smallest absolute Gasteiger partial charge is 0.346 e. The number of amidine groups is 1. The largest absolute Gasteiger partial charge is 0.385 e. The topological polar surface area (TPSA) is 61.9 Å². The number of carbonyl (C=O) groups excluding carboxylic acids is 1. The van der Waals surface area contributed by atoms with Gasteiger partial charge in [-0.05, 0) is 25.8 Å². The molecule has 0 saturated carbocycles. The Hall–Kier alpha value is -1.88. The first kappa shape index (κ1) is 14.1. The number of nitrogens with zero attached hydrogens (tertiary/aromatic N) is 3. The van der Waals surface area contributed by atoms with E-state index in [0.29, 0.717) is 18.4 Å². The van der Waals surface area contributed by atoms with Crippen LogP contribution >= 0.6 is 0 Å². The maximum Gasteiger partial charge on any atom is 0.346 e. The van der Waals surface area contributed by atoms with E-state index >= 15 is 0 Å². The number of likely N-dealkylation sites (N-methyl/N-ethyl adjacent to an activating group) is 1. The van der Waals surface area contributed by atoms with Crippen LogP contribution in [0.3, 0.4) is 0 Å². The van der Waals surface area contributed by atoms with E-state index in [-0.39, 0.29) is 6.03 Å². The number of likely N-dealkylation sites (tertiary alicyclic amines) is 1. The van der Waals surface area contributed by atoms with Crippen molar-refractivity contribution >= 4 is 11.9 Å². The van der Waals surface area contributed by atoms with Gasteiger partial charge in [0.15, 0.2) is 0 Å². The van der Waals surface area contributed by atoms with Crippen LogP contribution in [0.4, 0.5) is 4.79 Å². The van der Waals surface area contributed by atoms with Crippen molar-refractivity contribution in [2.75, 3.05) is 13.1 Å². The van der Waals surface area contributed by atoms with Crippen molar-refractivity contribution in [2.24, 2.45) is 10.7 Å². The Kier molecular flexibility index (Phi) is 3.45. The molecule has 1 aromatic rings. The number of benzene rings is 1. The van der Waals surface area contributed by atoms with Crippen LogP contribution in [0, 0.1) is 0 Å². The van der Waals surface area contributed by atoms with Crippen molar-refractivity contribution < 1.29 is 4.79 Å². The molecule has 1 spiro atoms. The number of nitrogens with two attached hydrogens (primary N) is 1. The van der Waals surface area contributed by atoms with Crippen LogP contribution in [0.15, 0.2) is 35.3 Å². The third-order valence-electron chi connectivity index (χ3n) is 4.71. The van der Waals surface area contributed by atoms with E-state index in [0.717, 1.165) is 19.5 Å². The molecule has 2 atom stereocenters. The Morgan fingerprint density at radius 2 is 2.10 bits per heavy atom. The van der Waals surface area contributed by atoms with E-state index in [1.807, 2.05) is 17.9 Å². The fourth-order valence-electron chi connectivity index (χ4n) is 3.61. The maximum absolute atomic E-state index is 12.0. The molecule has 2 amide bonds. The van der Waals surface area contributed by atoms with E-state index < -0.39 is 5.54 Å². The van der Waals surface area contributed by atoms with Crippen LogP contribution in [-0.2, 0) is 6.54 Å². The van der Waals surface area contributed by atoms with Gasteiger partial charge in [-0.15, -0.1) is 0 Å². The van der Waals surface area contributed by atoms with Gasteiger partial charge in [-0.2, -0.15) is 4.99 Å². The highest BCUT2D eigenvalue weighted by Gasteiger charge is 2.54. The minimum Gasteiger partial charge on any atom is -0.385 e. The Bertz CT molecular complexity index is 571. The van der Waals surface area contributed by atoms with Crippen LogP contribution in [0.25, 0.3) is 0 Å². The van der Waals surface area contributed by atoms with Crippen molar-refractivity contribution in [3.63, 3.8) is 0 Å². The average Bonchev–Trinajstić information content (AvgIpc) is 2.89. The van der Waals surface area contributed by atoms with Crippen LogP contribution in [0.2, 0.25) is 0 Å². The third kappa shape index (κ3) is 2.21. The summed E-state index contributed by atoms with van der Waals surface area (Å²) in [5, 5.41) is 0. The van der Waals surface area contributed by atoms with Gasteiger partial charge in [0.25, 0.3) is 0 Å². The first-order chi connectivity index (χ1) is 10.1. The fraction of sp³-hybridized carbons (Fsp3) is 0.500. The second kappa shape index (κ2) is 5.15. The lowest BCUT2D eigenvalue weighted by atomic mass is 9.94. The zero-order chi connectivity index (χ0) is 15.0. The van der Waals surface area contributed by atoms with Crippen molar-refractivity contribution in [1.82, 2.24) is 9.80 Å². The molecule has 0 radical (unpaired) electrons. The normalized spacial score (nSPS) is 29.4. The lowest BCUT2D eigenvalue weighted by molar-refractivity contribution is 0.173. The summed E-state index contributed by atoms with van der Waals surface area (Å²) in [4.78, 5) is 20.2. The third-order valence-corrected chi connectivity index (χ3v) is 4.71. The standard InChI is InChI=1S/C16H22N4O/c1-3-20-15(21)18-14(17)16(20)9-12(2)19(11-16)10-13-7-5-4-6-8-13/h4-8,12H,3,9-11H2,1-2H3,(H2,17,18,21). The molecule has 1 fully saturated rings. The number of urea groups is 1. The quantitative estimate of drug-likeness (QED) is 0.922. The lowest BCUT2D eigenvalue weighted by Gasteiger charge is -2.33. The second-order valence-electron chi connectivity index (χ2n) is 6.00. The second-order valence-corrected chi connectivity index (χ2v) is 6.00. The van der Waals surface area contributed by atoms with Gasteiger partial charge in [0.05, 0.1) is 0 Å². The van der Waals surface area contributed by atoms with Crippen LogP contribution < -0.4 is 5.73 Å². The number of amides is 2. The molecule has 0 bridgehead atoms. The summed E-state index contributed by atoms with van der Waals surface area (Å²) in [5.74, 6) is 0.483. The number of hydrogen-bond donors (Lipinski definition) is 1. The van der Waals surface area contributed by atoms with Gasteiger partial charge in [-0.1, -0.05) is 30.3 Å². The SMILES string of the molecule is CCN1C(=O)N=C(N)C12CC(C)N(Cc1ccccc1)C2. The van der Waals surface area contributed by atoms with E-state index in [4.69, 9.17) is 5.73 Å². The molecule has 2 aliphatic rings. The average molecular weight is 286 g/mol. The molecule has 5 heteroatoms. The molecule has 5 nitrogen and oxygen atoms in total. The molecule has 0 aromatic heterocycles. The molecule has 0 aliphatic carbocycles. The lowest BCUT2D eigenvalue weighted by Crippen LogP contribution is -2.55. The van der Waals surface area contributed by atoms with Gasteiger partial charge in [-0.25, -0.2) is 4.79 Å². The Labute approximate surface area is 125 Å². The minimum atomic E-state index is -0.403. The highest BCUT2D eigenvalue weighted by molar-refractivity contribution is 6.06. The molecule has 112 valence electrons. The minimum absolute atomic E-state index is 0.191. The van der Waals surface area contributed by atoms with Crippen LogP contribution in [0.1, 0.15) is 25.8 Å². The summed E-state index contributed by atoms with van der Waals surface area (Å²) in [6, 6.07) is 10.6. The summed E-state index contributed by atoms with van der Waals surface area (Å²) in [7, 11) is 0. The zero-order valence-electron chi connectivity index (χ0n) is 12.6. The van der Waals surface area contributed by atoms with E-state index in [1.165, 1.54) is 5.56 Å². The summed E-state index contributed by atoms with van der Waals surface area (Å²) in [5.41, 5.74) is 6.99. The van der Waals surface area contributed by atoms with Gasteiger partial charge in [-0.3, -0.25) is 4.90 Å².